The second-order valence-corrected chi connectivity index (χ2v) is 11.0. The van der Waals surface area contributed by atoms with E-state index < -0.39 is 0 Å². The van der Waals surface area contributed by atoms with Gasteiger partial charge in [0.2, 0.25) is 11.9 Å². The van der Waals surface area contributed by atoms with Crippen molar-refractivity contribution >= 4 is 55.5 Å². The van der Waals surface area contributed by atoms with Gasteiger partial charge in [-0.05, 0) is 76.1 Å². The maximum atomic E-state index is 13.5. The summed E-state index contributed by atoms with van der Waals surface area (Å²) in [5.74, 6) is 0.778. The fraction of sp³-hybridized carbons (Fsp3) is 0.414. The first-order valence-electron chi connectivity index (χ1n) is 14.4. The van der Waals surface area contributed by atoms with Crippen molar-refractivity contribution in [2.75, 3.05) is 63.0 Å². The molecule has 212 valence electrons. The Balaban J connectivity index is 1.26. The SMILES string of the molecule is O=c1c2ccc3nc(NCCN4CCCC4)[nH]c(=O)c3c2[nH]c2c1ccc1nc(NCCN3CCCC3)[nH]c(=O)c12. The van der Waals surface area contributed by atoms with Crippen LogP contribution in [0.5, 0.6) is 0 Å². The summed E-state index contributed by atoms with van der Waals surface area (Å²) in [6, 6.07) is 6.73. The van der Waals surface area contributed by atoms with Gasteiger partial charge in [-0.2, -0.15) is 0 Å². The van der Waals surface area contributed by atoms with Gasteiger partial charge in [0, 0.05) is 37.0 Å². The number of hydrogen-bond donors (Lipinski definition) is 5. The van der Waals surface area contributed by atoms with Crippen molar-refractivity contribution in [3.8, 4) is 0 Å². The van der Waals surface area contributed by atoms with E-state index in [9.17, 15) is 14.4 Å². The van der Waals surface area contributed by atoms with Gasteiger partial charge in [-0.3, -0.25) is 24.4 Å². The zero-order valence-electron chi connectivity index (χ0n) is 22.8. The molecule has 2 aromatic carbocycles. The second-order valence-electron chi connectivity index (χ2n) is 11.0. The molecule has 0 atom stereocenters. The number of nitrogens with one attached hydrogen (secondary N) is 5. The fourth-order valence-electron chi connectivity index (χ4n) is 6.22. The van der Waals surface area contributed by atoms with Crippen LogP contribution < -0.4 is 27.2 Å². The first kappa shape index (κ1) is 25.7. The third kappa shape index (κ3) is 4.82. The number of fused-ring (bicyclic) bond motifs is 6. The maximum Gasteiger partial charge on any atom is 0.262 e. The van der Waals surface area contributed by atoms with Gasteiger partial charge in [-0.25, -0.2) is 9.97 Å². The van der Waals surface area contributed by atoms with E-state index in [-0.39, 0.29) is 27.3 Å². The van der Waals surface area contributed by atoms with Crippen molar-refractivity contribution in [1.29, 1.82) is 0 Å². The van der Waals surface area contributed by atoms with Crippen LogP contribution >= 0.6 is 0 Å². The maximum absolute atomic E-state index is 13.5. The molecule has 0 unspecified atom stereocenters. The molecule has 2 saturated heterocycles. The molecule has 5 N–H and O–H groups in total. The lowest BCUT2D eigenvalue weighted by Gasteiger charge is -2.15. The molecule has 2 fully saturated rings. The van der Waals surface area contributed by atoms with Gasteiger partial charge in [0.25, 0.3) is 11.1 Å². The number of rotatable bonds is 8. The summed E-state index contributed by atoms with van der Waals surface area (Å²) in [5.41, 5.74) is 0.603. The Morgan fingerprint density at radius 1 is 0.634 bits per heavy atom. The van der Waals surface area contributed by atoms with Crippen molar-refractivity contribution < 1.29 is 0 Å². The molecule has 0 spiro atoms. The number of aromatic nitrogens is 5. The molecule has 5 heterocycles. The first-order valence-corrected chi connectivity index (χ1v) is 14.4. The molecule has 3 aromatic heterocycles. The first-order chi connectivity index (χ1) is 20.0. The fourth-order valence-corrected chi connectivity index (χ4v) is 6.22. The highest BCUT2D eigenvalue weighted by Gasteiger charge is 2.17. The van der Waals surface area contributed by atoms with Crippen LogP contribution in [0.3, 0.4) is 0 Å². The van der Waals surface area contributed by atoms with Crippen LogP contribution in [0, 0.1) is 0 Å². The minimum absolute atomic E-state index is 0.267. The summed E-state index contributed by atoms with van der Waals surface area (Å²) in [4.78, 5) is 63.0. The van der Waals surface area contributed by atoms with E-state index >= 15 is 0 Å². The lowest BCUT2D eigenvalue weighted by Crippen LogP contribution is -2.27. The lowest BCUT2D eigenvalue weighted by atomic mass is 10.1. The molecule has 12 heteroatoms. The van der Waals surface area contributed by atoms with E-state index in [0.717, 1.165) is 39.3 Å². The molecule has 5 aromatic rings. The highest BCUT2D eigenvalue weighted by atomic mass is 16.1. The Morgan fingerprint density at radius 2 is 1.07 bits per heavy atom. The van der Waals surface area contributed by atoms with Gasteiger partial charge in [-0.15, -0.1) is 0 Å². The molecule has 0 aliphatic carbocycles. The quantitative estimate of drug-likeness (QED) is 0.143. The number of aromatic amines is 3. The Bertz CT molecular complexity index is 1810. The van der Waals surface area contributed by atoms with Gasteiger partial charge in [0.1, 0.15) is 0 Å². The van der Waals surface area contributed by atoms with Gasteiger partial charge in [-0.1, -0.05) is 0 Å². The van der Waals surface area contributed by atoms with Crippen LogP contribution in [-0.2, 0) is 0 Å². The number of H-pyrrole nitrogens is 3. The highest BCUT2D eigenvalue weighted by molar-refractivity contribution is 6.11. The smallest absolute Gasteiger partial charge is 0.262 e. The lowest BCUT2D eigenvalue weighted by molar-refractivity contribution is 0.352. The topological polar surface area (TPSA) is 155 Å². The minimum Gasteiger partial charge on any atom is -0.354 e. The molecule has 12 nitrogen and oxygen atoms in total. The summed E-state index contributed by atoms with van der Waals surface area (Å²) in [7, 11) is 0. The van der Waals surface area contributed by atoms with Crippen LogP contribution in [0.25, 0.3) is 43.6 Å². The molecule has 0 amide bonds. The van der Waals surface area contributed by atoms with E-state index in [2.05, 4.69) is 45.4 Å². The van der Waals surface area contributed by atoms with Crippen LogP contribution in [0.1, 0.15) is 25.7 Å². The number of pyridine rings is 1. The van der Waals surface area contributed by atoms with Crippen molar-refractivity contribution in [1.82, 2.24) is 34.7 Å². The Labute approximate surface area is 234 Å². The van der Waals surface area contributed by atoms with Crippen molar-refractivity contribution in [3.05, 3.63) is 55.2 Å². The highest BCUT2D eigenvalue weighted by Crippen LogP contribution is 2.25. The number of likely N-dealkylation sites (tertiary alicyclic amines) is 2. The summed E-state index contributed by atoms with van der Waals surface area (Å²) < 4.78 is 0. The van der Waals surface area contributed by atoms with Gasteiger partial charge in [0.15, 0.2) is 5.43 Å². The predicted molar refractivity (Wildman–Crippen MR) is 162 cm³/mol. The summed E-state index contributed by atoms with van der Waals surface area (Å²) in [6.07, 6.45) is 4.89. The average Bonchev–Trinajstić information content (AvgIpc) is 3.67. The Morgan fingerprint density at radius 3 is 1.51 bits per heavy atom. The van der Waals surface area contributed by atoms with Crippen LogP contribution in [0.15, 0.2) is 38.6 Å². The molecular weight excluding hydrogens is 522 g/mol. The largest absolute Gasteiger partial charge is 0.354 e. The molecule has 0 saturated carbocycles. The average molecular weight is 556 g/mol. The third-order valence-electron chi connectivity index (χ3n) is 8.33. The van der Waals surface area contributed by atoms with Crippen molar-refractivity contribution in [2.45, 2.75) is 25.7 Å². The number of benzene rings is 2. The zero-order chi connectivity index (χ0) is 27.9. The van der Waals surface area contributed by atoms with Crippen LogP contribution in [-0.4, -0.2) is 87.1 Å². The molecule has 2 aliphatic heterocycles. The number of nitrogens with zero attached hydrogens (tertiary/aromatic N) is 4. The normalized spacial score (nSPS) is 16.5. The summed E-state index contributed by atoms with van der Waals surface area (Å²) in [5, 5.41) is 7.69. The second kappa shape index (κ2) is 10.6. The number of hydrogen-bond acceptors (Lipinski definition) is 9. The molecule has 0 radical (unpaired) electrons. The van der Waals surface area contributed by atoms with E-state index in [1.807, 2.05) is 0 Å². The zero-order valence-corrected chi connectivity index (χ0v) is 22.8. The Hall–Kier alpha value is -4.29. The van der Waals surface area contributed by atoms with Crippen LogP contribution in [0.4, 0.5) is 11.9 Å². The predicted octanol–water partition coefficient (Wildman–Crippen LogP) is 2.17. The molecule has 41 heavy (non-hydrogen) atoms. The molecule has 2 aliphatic rings. The van der Waals surface area contributed by atoms with Crippen LogP contribution in [0.2, 0.25) is 0 Å². The third-order valence-corrected chi connectivity index (χ3v) is 8.33. The monoisotopic (exact) mass is 555 g/mol. The van der Waals surface area contributed by atoms with E-state index in [1.54, 1.807) is 24.3 Å². The van der Waals surface area contributed by atoms with E-state index in [0.29, 0.717) is 57.8 Å². The minimum atomic E-state index is -0.365. The summed E-state index contributed by atoms with van der Waals surface area (Å²) in [6.45, 7) is 7.48. The van der Waals surface area contributed by atoms with Crippen molar-refractivity contribution in [2.24, 2.45) is 0 Å². The van der Waals surface area contributed by atoms with Crippen molar-refractivity contribution in [3.63, 3.8) is 0 Å². The Kier molecular flexibility index (Phi) is 6.63. The van der Waals surface area contributed by atoms with E-state index in [1.165, 1.54) is 25.7 Å². The number of anilines is 2. The van der Waals surface area contributed by atoms with E-state index in [4.69, 9.17) is 0 Å². The standard InChI is InChI=1S/C29H33N9O3/c39-25-17-5-7-19-21(26(40)35-28(32-19)30-9-15-37-11-1-2-12-37)23(17)34-24-18(25)6-8-20-22(24)27(41)36-29(33-20)31-10-16-38-13-3-4-14-38/h5-8H,1-4,9-16H2,(H,34,39)(H2,30,32,35,40)(H2,31,33,36,41). The van der Waals surface area contributed by atoms with Gasteiger partial charge in [0.05, 0.1) is 32.8 Å². The van der Waals surface area contributed by atoms with Gasteiger partial charge < -0.3 is 25.4 Å². The molecule has 0 bridgehead atoms. The van der Waals surface area contributed by atoms with Gasteiger partial charge >= 0.3 is 0 Å². The molecular formula is C29H33N9O3. The summed E-state index contributed by atoms with van der Waals surface area (Å²) >= 11 is 0. The molecule has 7 rings (SSSR count).